The van der Waals surface area contributed by atoms with E-state index < -0.39 is 0 Å². The lowest BCUT2D eigenvalue weighted by Gasteiger charge is -2.37. The van der Waals surface area contributed by atoms with Crippen LogP contribution >= 0.6 is 0 Å². The molecule has 1 aromatic carbocycles. The first kappa shape index (κ1) is 13.7. The quantitative estimate of drug-likeness (QED) is 0.919. The first-order valence-electron chi connectivity index (χ1n) is 7.43. The fourth-order valence-electron chi connectivity index (χ4n) is 2.91. The van der Waals surface area contributed by atoms with Gasteiger partial charge in [-0.25, -0.2) is 4.98 Å². The number of aryl methyl sites for hydroxylation is 1. The van der Waals surface area contributed by atoms with Gasteiger partial charge in [-0.2, -0.15) is 0 Å². The van der Waals surface area contributed by atoms with E-state index in [2.05, 4.69) is 46.8 Å². The molecule has 0 saturated carbocycles. The van der Waals surface area contributed by atoms with Gasteiger partial charge < -0.3 is 15.5 Å². The van der Waals surface area contributed by atoms with Crippen molar-refractivity contribution in [2.45, 2.75) is 13.8 Å². The highest BCUT2D eigenvalue weighted by atomic mass is 15.3. The molecule has 1 aliphatic heterocycles. The summed E-state index contributed by atoms with van der Waals surface area (Å²) in [4.78, 5) is 9.14. The van der Waals surface area contributed by atoms with Crippen LogP contribution in [0, 0.1) is 13.8 Å². The summed E-state index contributed by atoms with van der Waals surface area (Å²) in [5, 5.41) is 0. The van der Waals surface area contributed by atoms with Gasteiger partial charge in [0.25, 0.3) is 0 Å². The Labute approximate surface area is 126 Å². The Morgan fingerprint density at radius 1 is 0.952 bits per heavy atom. The van der Waals surface area contributed by atoms with E-state index in [1.165, 1.54) is 16.8 Å². The molecule has 1 aromatic heterocycles. The number of nitrogens with zero attached hydrogens (tertiary/aromatic N) is 3. The van der Waals surface area contributed by atoms with Crippen molar-refractivity contribution < 1.29 is 0 Å². The van der Waals surface area contributed by atoms with Gasteiger partial charge in [0.2, 0.25) is 0 Å². The lowest BCUT2D eigenvalue weighted by molar-refractivity contribution is 0.647. The molecule has 4 heteroatoms. The molecule has 0 aliphatic carbocycles. The molecular formula is C17H22N4. The fourth-order valence-corrected chi connectivity index (χ4v) is 2.91. The second kappa shape index (κ2) is 5.64. The highest BCUT2D eigenvalue weighted by molar-refractivity contribution is 5.63. The Morgan fingerprint density at radius 2 is 1.67 bits per heavy atom. The molecule has 21 heavy (non-hydrogen) atoms. The van der Waals surface area contributed by atoms with Gasteiger partial charge in [0.1, 0.15) is 0 Å². The molecule has 0 atom stereocenters. The molecule has 1 fully saturated rings. The van der Waals surface area contributed by atoms with Crippen LogP contribution in [0.25, 0.3) is 0 Å². The highest BCUT2D eigenvalue weighted by Gasteiger charge is 2.20. The van der Waals surface area contributed by atoms with Crippen molar-refractivity contribution in [1.29, 1.82) is 0 Å². The molecule has 1 saturated heterocycles. The van der Waals surface area contributed by atoms with Crippen molar-refractivity contribution in [3.05, 3.63) is 47.7 Å². The summed E-state index contributed by atoms with van der Waals surface area (Å²) in [5.41, 5.74) is 10.9. The summed E-state index contributed by atoms with van der Waals surface area (Å²) in [5.74, 6) is 0.915. The third kappa shape index (κ3) is 2.66. The number of aromatic nitrogens is 1. The van der Waals surface area contributed by atoms with Gasteiger partial charge in [0.15, 0.2) is 5.82 Å². The number of anilines is 3. The SMILES string of the molecule is Cc1cccc(N2CCN(c3ncccc3N)CC2)c1C. The average Bonchev–Trinajstić information content (AvgIpc) is 2.51. The van der Waals surface area contributed by atoms with Crippen molar-refractivity contribution in [3.63, 3.8) is 0 Å². The molecule has 2 heterocycles. The molecule has 0 radical (unpaired) electrons. The maximum absolute atomic E-state index is 6.02. The normalized spacial score (nSPS) is 15.3. The van der Waals surface area contributed by atoms with Gasteiger partial charge in [-0.1, -0.05) is 12.1 Å². The van der Waals surface area contributed by atoms with Gasteiger partial charge in [-0.05, 0) is 43.2 Å². The lowest BCUT2D eigenvalue weighted by Crippen LogP contribution is -2.47. The van der Waals surface area contributed by atoms with Crippen LogP contribution in [0.4, 0.5) is 17.2 Å². The number of benzene rings is 1. The Kier molecular flexibility index (Phi) is 3.69. The summed E-state index contributed by atoms with van der Waals surface area (Å²) >= 11 is 0. The Hall–Kier alpha value is -2.23. The van der Waals surface area contributed by atoms with Crippen LogP contribution in [0.3, 0.4) is 0 Å². The minimum absolute atomic E-state index is 0.762. The van der Waals surface area contributed by atoms with Crippen LogP contribution in [0.5, 0.6) is 0 Å². The molecule has 0 unspecified atom stereocenters. The van der Waals surface area contributed by atoms with Crippen LogP contribution in [0.1, 0.15) is 11.1 Å². The minimum atomic E-state index is 0.762. The largest absolute Gasteiger partial charge is 0.396 e. The number of hydrogen-bond acceptors (Lipinski definition) is 4. The Morgan fingerprint density at radius 3 is 2.38 bits per heavy atom. The molecule has 0 bridgehead atoms. The summed E-state index contributed by atoms with van der Waals surface area (Å²) < 4.78 is 0. The monoisotopic (exact) mass is 282 g/mol. The molecule has 4 nitrogen and oxygen atoms in total. The first-order valence-corrected chi connectivity index (χ1v) is 7.43. The Bertz CT molecular complexity index is 630. The van der Waals surface area contributed by atoms with Crippen LogP contribution in [0.15, 0.2) is 36.5 Å². The summed E-state index contributed by atoms with van der Waals surface area (Å²) in [7, 11) is 0. The van der Waals surface area contributed by atoms with Crippen molar-refractivity contribution >= 4 is 17.2 Å². The van der Waals surface area contributed by atoms with Gasteiger partial charge in [-0.3, -0.25) is 0 Å². The maximum Gasteiger partial charge on any atom is 0.151 e. The van der Waals surface area contributed by atoms with E-state index in [1.807, 2.05) is 18.3 Å². The van der Waals surface area contributed by atoms with E-state index in [-0.39, 0.29) is 0 Å². The summed E-state index contributed by atoms with van der Waals surface area (Å²) in [6.45, 7) is 8.28. The molecule has 3 rings (SSSR count). The minimum Gasteiger partial charge on any atom is -0.396 e. The third-order valence-electron chi connectivity index (χ3n) is 4.31. The standard InChI is InChI=1S/C17H22N4/c1-13-5-3-7-16(14(13)2)20-9-11-21(12-10-20)17-15(18)6-4-8-19-17/h3-8H,9-12,18H2,1-2H3. The second-order valence-electron chi connectivity index (χ2n) is 5.61. The first-order chi connectivity index (χ1) is 10.2. The topological polar surface area (TPSA) is 45.4 Å². The van der Waals surface area contributed by atoms with E-state index in [9.17, 15) is 0 Å². The lowest BCUT2D eigenvalue weighted by atomic mass is 10.1. The van der Waals surface area contributed by atoms with Crippen LogP contribution in [-0.2, 0) is 0 Å². The predicted octanol–water partition coefficient (Wildman–Crippen LogP) is 2.61. The zero-order chi connectivity index (χ0) is 14.8. The van der Waals surface area contributed by atoms with Gasteiger partial charge >= 0.3 is 0 Å². The van der Waals surface area contributed by atoms with Crippen LogP contribution < -0.4 is 15.5 Å². The predicted molar refractivity (Wildman–Crippen MR) is 89.0 cm³/mol. The van der Waals surface area contributed by atoms with Crippen molar-refractivity contribution in [2.75, 3.05) is 41.7 Å². The molecule has 2 aromatic rings. The van der Waals surface area contributed by atoms with E-state index >= 15 is 0 Å². The zero-order valence-corrected chi connectivity index (χ0v) is 12.7. The number of nitrogens with two attached hydrogens (primary N) is 1. The van der Waals surface area contributed by atoms with E-state index in [4.69, 9.17) is 5.73 Å². The molecular weight excluding hydrogens is 260 g/mol. The van der Waals surface area contributed by atoms with Crippen LogP contribution in [0.2, 0.25) is 0 Å². The number of piperazine rings is 1. The summed E-state index contributed by atoms with van der Waals surface area (Å²) in [6.07, 6.45) is 1.81. The maximum atomic E-state index is 6.02. The van der Waals surface area contributed by atoms with Crippen molar-refractivity contribution in [3.8, 4) is 0 Å². The van der Waals surface area contributed by atoms with Gasteiger partial charge in [0.05, 0.1) is 5.69 Å². The van der Waals surface area contributed by atoms with E-state index in [1.54, 1.807) is 0 Å². The molecule has 0 amide bonds. The molecule has 2 N–H and O–H groups in total. The molecule has 110 valence electrons. The van der Waals surface area contributed by atoms with E-state index in [0.29, 0.717) is 0 Å². The second-order valence-corrected chi connectivity index (χ2v) is 5.61. The van der Waals surface area contributed by atoms with Crippen molar-refractivity contribution in [1.82, 2.24) is 4.98 Å². The molecule has 1 aliphatic rings. The Balaban J connectivity index is 1.74. The summed E-state index contributed by atoms with van der Waals surface area (Å²) in [6, 6.07) is 10.3. The van der Waals surface area contributed by atoms with Crippen LogP contribution in [-0.4, -0.2) is 31.2 Å². The fraction of sp³-hybridized carbons (Fsp3) is 0.353. The zero-order valence-electron chi connectivity index (χ0n) is 12.7. The smallest absolute Gasteiger partial charge is 0.151 e. The average molecular weight is 282 g/mol. The number of nitrogen functional groups attached to an aromatic ring is 1. The highest BCUT2D eigenvalue weighted by Crippen LogP contribution is 2.26. The third-order valence-corrected chi connectivity index (χ3v) is 4.31. The molecule has 0 spiro atoms. The van der Waals surface area contributed by atoms with Gasteiger partial charge in [-0.15, -0.1) is 0 Å². The number of rotatable bonds is 2. The number of pyridine rings is 1. The van der Waals surface area contributed by atoms with Crippen molar-refractivity contribution in [2.24, 2.45) is 0 Å². The van der Waals surface area contributed by atoms with E-state index in [0.717, 1.165) is 37.7 Å². The number of hydrogen-bond donors (Lipinski definition) is 1. The van der Waals surface area contributed by atoms with Gasteiger partial charge in [0, 0.05) is 38.1 Å².